The molecule has 0 spiro atoms. The van der Waals surface area contributed by atoms with Crippen LogP contribution in [0.5, 0.6) is 5.75 Å². The number of amides is 2. The number of nitrogens with one attached hydrogen (secondary N) is 3. The van der Waals surface area contributed by atoms with E-state index in [1.54, 1.807) is 45.0 Å². The van der Waals surface area contributed by atoms with Crippen LogP contribution in [0.15, 0.2) is 42.6 Å². The lowest BCUT2D eigenvalue weighted by Crippen LogP contribution is -2.36. The summed E-state index contributed by atoms with van der Waals surface area (Å²) in [4.78, 5) is 33.1. The van der Waals surface area contributed by atoms with Crippen LogP contribution in [0.3, 0.4) is 0 Å². The Hall–Kier alpha value is -3.79. The van der Waals surface area contributed by atoms with E-state index in [1.165, 1.54) is 18.3 Å². The highest BCUT2D eigenvalue weighted by molar-refractivity contribution is 6.01. The third kappa shape index (κ3) is 7.61. The molecule has 9 nitrogen and oxygen atoms in total. The number of pyridine rings is 2. The zero-order chi connectivity index (χ0) is 25.4. The molecule has 0 aliphatic rings. The Morgan fingerprint density at radius 2 is 1.80 bits per heavy atom. The number of fused-ring (bicyclic) bond motifs is 1. The molecule has 1 aromatic carbocycles. The second-order valence-corrected chi connectivity index (χ2v) is 8.89. The van der Waals surface area contributed by atoms with Crippen LogP contribution in [0, 0.1) is 5.82 Å². The molecule has 3 rings (SSSR count). The molecule has 2 aromatic heterocycles. The van der Waals surface area contributed by atoms with Crippen molar-refractivity contribution in [3.8, 4) is 5.75 Å². The molecule has 0 aliphatic carbocycles. The highest BCUT2D eigenvalue weighted by Crippen LogP contribution is 2.28. The number of ether oxygens (including phenoxy) is 1. The molecule has 0 radical (unpaired) electrons. The molecule has 4 N–H and O–H groups in total. The summed E-state index contributed by atoms with van der Waals surface area (Å²) in [5, 5.41) is 19.9. The molecule has 0 saturated carbocycles. The van der Waals surface area contributed by atoms with Crippen LogP contribution in [-0.4, -0.2) is 52.3 Å². The van der Waals surface area contributed by atoms with E-state index in [1.807, 2.05) is 0 Å². The fourth-order valence-electron chi connectivity index (χ4n) is 3.30. The van der Waals surface area contributed by atoms with Gasteiger partial charge in [0, 0.05) is 44.2 Å². The molecule has 10 heteroatoms. The van der Waals surface area contributed by atoms with Crippen molar-refractivity contribution in [2.45, 2.75) is 39.3 Å². The second-order valence-electron chi connectivity index (χ2n) is 8.89. The summed E-state index contributed by atoms with van der Waals surface area (Å²) < 4.78 is 18.3. The maximum Gasteiger partial charge on any atom is 0.407 e. The maximum atomic E-state index is 13.1. The number of hydrogen-bond acceptors (Lipinski definition) is 7. The molecule has 3 aromatic rings. The molecule has 35 heavy (non-hydrogen) atoms. The predicted octanol–water partition coefficient (Wildman–Crippen LogP) is 3.06. The third-order valence-corrected chi connectivity index (χ3v) is 4.90. The number of halogens is 1. The lowest BCUT2D eigenvalue weighted by atomic mass is 10.1. The summed E-state index contributed by atoms with van der Waals surface area (Å²) in [6, 6.07) is 9.28. The zero-order valence-corrected chi connectivity index (χ0v) is 20.0. The molecule has 0 unspecified atom stereocenters. The average Bonchev–Trinajstić information content (AvgIpc) is 2.81. The van der Waals surface area contributed by atoms with Gasteiger partial charge < -0.3 is 25.8 Å². The highest BCUT2D eigenvalue weighted by Gasteiger charge is 2.20. The molecule has 2 heterocycles. The molecule has 2 amide bonds. The van der Waals surface area contributed by atoms with Crippen LogP contribution in [0.25, 0.3) is 10.9 Å². The average molecular weight is 484 g/mol. The van der Waals surface area contributed by atoms with Crippen molar-refractivity contribution in [3.05, 3.63) is 65.4 Å². The highest BCUT2D eigenvalue weighted by atomic mass is 19.1. The number of rotatable bonds is 9. The first-order valence-electron chi connectivity index (χ1n) is 11.3. The van der Waals surface area contributed by atoms with Crippen molar-refractivity contribution in [2.75, 3.05) is 19.6 Å². The summed E-state index contributed by atoms with van der Waals surface area (Å²) in [5.74, 6) is -1.22. The van der Waals surface area contributed by atoms with E-state index in [9.17, 15) is 19.1 Å². The molecule has 0 aliphatic heterocycles. The van der Waals surface area contributed by atoms with Gasteiger partial charge in [0.2, 0.25) is 0 Å². The molecular weight excluding hydrogens is 453 g/mol. The first-order valence-corrected chi connectivity index (χ1v) is 11.3. The lowest BCUT2D eigenvalue weighted by Gasteiger charge is -2.19. The van der Waals surface area contributed by atoms with Crippen molar-refractivity contribution in [1.29, 1.82) is 0 Å². The maximum absolute atomic E-state index is 13.1. The number of benzene rings is 1. The number of alkyl carbamates (subject to hydrolysis) is 1. The number of aromatic hydroxyl groups is 1. The Morgan fingerprint density at radius 1 is 1.06 bits per heavy atom. The third-order valence-electron chi connectivity index (χ3n) is 4.90. The largest absolute Gasteiger partial charge is 0.504 e. The van der Waals surface area contributed by atoms with Crippen molar-refractivity contribution in [2.24, 2.45) is 0 Å². The van der Waals surface area contributed by atoms with Gasteiger partial charge in [-0.15, -0.1) is 0 Å². The summed E-state index contributed by atoms with van der Waals surface area (Å²) in [6.45, 7) is 6.97. The summed E-state index contributed by atoms with van der Waals surface area (Å²) >= 11 is 0. The zero-order valence-electron chi connectivity index (χ0n) is 20.0. The minimum Gasteiger partial charge on any atom is -0.504 e. The molecule has 0 atom stereocenters. The minimum absolute atomic E-state index is 0.125. The van der Waals surface area contributed by atoms with Gasteiger partial charge in [-0.05, 0) is 50.6 Å². The van der Waals surface area contributed by atoms with Crippen molar-refractivity contribution >= 4 is 22.9 Å². The standard InChI is InChI=1S/C25H30FN5O4/c1-25(2,3)35-24(34)29-14-13-27-12-10-19-18-5-4-11-28-20(18)22(32)21(31-19)23(33)30-15-16-6-8-17(26)9-7-16/h4-9,11,27,32H,10,12-15H2,1-3H3,(H,29,34)(H,30,33). The van der Waals surface area contributed by atoms with Crippen LogP contribution in [0.2, 0.25) is 0 Å². The molecule has 0 fully saturated rings. The quantitative estimate of drug-likeness (QED) is 0.345. The van der Waals surface area contributed by atoms with E-state index in [4.69, 9.17) is 4.74 Å². The van der Waals surface area contributed by atoms with E-state index in [0.717, 1.165) is 0 Å². The number of carbonyl (C=O) groups excluding carboxylic acids is 2. The summed E-state index contributed by atoms with van der Waals surface area (Å²) in [7, 11) is 0. The minimum atomic E-state index is -0.560. The van der Waals surface area contributed by atoms with Crippen molar-refractivity contribution in [1.82, 2.24) is 25.9 Å². The Bertz CT molecular complexity index is 1180. The second kappa shape index (κ2) is 11.6. The van der Waals surface area contributed by atoms with Crippen LogP contribution in [0.4, 0.5) is 9.18 Å². The number of aromatic nitrogens is 2. The van der Waals surface area contributed by atoms with Crippen molar-refractivity contribution in [3.63, 3.8) is 0 Å². The van der Waals surface area contributed by atoms with Gasteiger partial charge in [-0.1, -0.05) is 12.1 Å². The van der Waals surface area contributed by atoms with Gasteiger partial charge >= 0.3 is 6.09 Å². The first kappa shape index (κ1) is 25.8. The number of nitrogens with zero attached hydrogens (tertiary/aromatic N) is 2. The fourth-order valence-corrected chi connectivity index (χ4v) is 3.30. The normalized spacial score (nSPS) is 11.3. The fraction of sp³-hybridized carbons (Fsp3) is 0.360. The smallest absolute Gasteiger partial charge is 0.407 e. The van der Waals surface area contributed by atoms with Gasteiger partial charge in [-0.25, -0.2) is 14.2 Å². The number of hydrogen-bond donors (Lipinski definition) is 4. The number of carbonyl (C=O) groups is 2. The molecule has 0 saturated heterocycles. The van der Waals surface area contributed by atoms with E-state index >= 15 is 0 Å². The molecule has 0 bridgehead atoms. The first-order chi connectivity index (χ1) is 16.6. The van der Waals surface area contributed by atoms with Crippen LogP contribution >= 0.6 is 0 Å². The topological polar surface area (TPSA) is 125 Å². The van der Waals surface area contributed by atoms with Gasteiger partial charge in [0.25, 0.3) is 5.91 Å². The van der Waals surface area contributed by atoms with Gasteiger partial charge in [-0.2, -0.15) is 0 Å². The van der Waals surface area contributed by atoms with Gasteiger partial charge in [0.05, 0.1) is 5.69 Å². The van der Waals surface area contributed by atoms with Crippen LogP contribution < -0.4 is 16.0 Å². The Balaban J connectivity index is 1.62. The summed E-state index contributed by atoms with van der Waals surface area (Å²) in [6.07, 6.45) is 1.52. The molecular formula is C25H30FN5O4. The predicted molar refractivity (Wildman–Crippen MR) is 130 cm³/mol. The van der Waals surface area contributed by atoms with Gasteiger partial charge in [-0.3, -0.25) is 9.78 Å². The molecule has 186 valence electrons. The van der Waals surface area contributed by atoms with Crippen LogP contribution in [0.1, 0.15) is 42.5 Å². The summed E-state index contributed by atoms with van der Waals surface area (Å²) in [5.41, 5.74) is 0.920. The SMILES string of the molecule is CC(C)(C)OC(=O)NCCNCCc1nc(C(=O)NCc2ccc(F)cc2)c(O)c2ncccc12. The van der Waals surface area contributed by atoms with Gasteiger partial charge in [0.15, 0.2) is 11.4 Å². The van der Waals surface area contributed by atoms with E-state index in [2.05, 4.69) is 25.9 Å². The van der Waals surface area contributed by atoms with E-state index < -0.39 is 17.6 Å². The Kier molecular flexibility index (Phi) is 8.53. The van der Waals surface area contributed by atoms with Crippen molar-refractivity contribution < 1.29 is 23.8 Å². The Labute approximate surface area is 203 Å². The monoisotopic (exact) mass is 483 g/mol. The van der Waals surface area contributed by atoms with E-state index in [0.29, 0.717) is 42.7 Å². The Morgan fingerprint density at radius 3 is 2.51 bits per heavy atom. The lowest BCUT2D eigenvalue weighted by molar-refractivity contribution is 0.0528. The van der Waals surface area contributed by atoms with E-state index in [-0.39, 0.29) is 29.3 Å². The van der Waals surface area contributed by atoms with Gasteiger partial charge in [0.1, 0.15) is 16.9 Å². The van der Waals surface area contributed by atoms with Crippen LogP contribution in [-0.2, 0) is 17.7 Å².